The number of rotatable bonds is 5. The highest BCUT2D eigenvalue weighted by Gasteiger charge is 2.25. The average Bonchev–Trinajstić information content (AvgIpc) is 3.51. The van der Waals surface area contributed by atoms with E-state index >= 15 is 0 Å². The van der Waals surface area contributed by atoms with Gasteiger partial charge in [0.05, 0.1) is 17.2 Å². The van der Waals surface area contributed by atoms with Gasteiger partial charge in [0.2, 0.25) is 5.91 Å². The quantitative estimate of drug-likeness (QED) is 0.484. The van der Waals surface area contributed by atoms with Crippen molar-refractivity contribution in [2.45, 2.75) is 43.4 Å². The molecule has 1 aliphatic carbocycles. The fraction of sp³-hybridized carbons (Fsp3) is 0.500. The number of nitrogens with zero attached hydrogens (tertiary/aromatic N) is 6. The Morgan fingerprint density at radius 1 is 1.34 bits per heavy atom. The van der Waals surface area contributed by atoms with Gasteiger partial charge in [0, 0.05) is 18.0 Å². The van der Waals surface area contributed by atoms with E-state index in [1.54, 1.807) is 22.2 Å². The zero-order valence-electron chi connectivity index (χ0n) is 15.6. The summed E-state index contributed by atoms with van der Waals surface area (Å²) >= 11 is 3.18. The number of fused-ring (bicyclic) bond motifs is 8. The number of thiophene rings is 1. The Kier molecular flexibility index (Phi) is 4.20. The maximum atomic E-state index is 12.3. The second-order valence-corrected chi connectivity index (χ2v) is 9.40. The molecule has 4 aromatic heterocycles. The van der Waals surface area contributed by atoms with Gasteiger partial charge in [0.15, 0.2) is 10.8 Å². The number of aromatic nitrogens is 6. The zero-order valence-corrected chi connectivity index (χ0v) is 17.3. The number of nitrogens with one attached hydrogen (secondary N) is 1. The molecule has 4 aromatic rings. The highest BCUT2D eigenvalue weighted by Crippen LogP contribution is 2.40. The minimum atomic E-state index is -0.0194. The van der Waals surface area contributed by atoms with Gasteiger partial charge in [0.1, 0.15) is 11.2 Å². The summed E-state index contributed by atoms with van der Waals surface area (Å²) in [7, 11) is 0. The van der Waals surface area contributed by atoms with Gasteiger partial charge in [-0.1, -0.05) is 11.8 Å². The number of aryl methyl sites for hydroxylation is 2. The predicted octanol–water partition coefficient (Wildman–Crippen LogP) is 1.86. The van der Waals surface area contributed by atoms with Crippen molar-refractivity contribution >= 4 is 50.6 Å². The Morgan fingerprint density at radius 2 is 2.31 bits per heavy atom. The van der Waals surface area contributed by atoms with E-state index in [1.807, 2.05) is 4.40 Å². The van der Waals surface area contributed by atoms with Crippen LogP contribution < -0.4 is 5.32 Å². The Balaban J connectivity index is 1.33. The molecule has 150 valence electrons. The lowest BCUT2D eigenvalue weighted by Gasteiger charge is -2.10. The van der Waals surface area contributed by atoms with Gasteiger partial charge in [-0.15, -0.1) is 21.5 Å². The van der Waals surface area contributed by atoms with E-state index in [-0.39, 0.29) is 17.8 Å². The number of hydrogen-bond acceptors (Lipinski definition) is 8. The highest BCUT2D eigenvalue weighted by molar-refractivity contribution is 7.99. The molecule has 11 heteroatoms. The lowest BCUT2D eigenvalue weighted by Crippen LogP contribution is -2.32. The van der Waals surface area contributed by atoms with Gasteiger partial charge < -0.3 is 10.1 Å². The third-order valence-corrected chi connectivity index (χ3v) is 7.77. The van der Waals surface area contributed by atoms with E-state index in [4.69, 9.17) is 4.74 Å². The van der Waals surface area contributed by atoms with E-state index in [9.17, 15) is 4.79 Å². The summed E-state index contributed by atoms with van der Waals surface area (Å²) in [5.74, 6) is 0.899. The Hall–Kier alpha value is -2.24. The van der Waals surface area contributed by atoms with Crippen LogP contribution in [0.25, 0.3) is 21.6 Å². The summed E-state index contributed by atoms with van der Waals surface area (Å²) in [5.41, 5.74) is 2.22. The van der Waals surface area contributed by atoms with E-state index in [1.165, 1.54) is 28.6 Å². The summed E-state index contributed by atoms with van der Waals surface area (Å²) in [6.07, 6.45) is 7.14. The molecule has 9 nitrogen and oxygen atoms in total. The largest absolute Gasteiger partial charge is 0.376 e. The van der Waals surface area contributed by atoms with Crippen molar-refractivity contribution in [1.82, 2.24) is 34.5 Å². The molecule has 5 heterocycles. The third-order valence-electron chi connectivity index (χ3n) is 5.57. The molecule has 0 bridgehead atoms. The first-order valence-corrected chi connectivity index (χ1v) is 11.6. The van der Waals surface area contributed by atoms with Crippen molar-refractivity contribution in [3.63, 3.8) is 0 Å². The number of carbonyl (C=O) groups is 1. The molecule has 1 N–H and O–H groups in total. The first-order chi connectivity index (χ1) is 14.3. The lowest BCUT2D eigenvalue weighted by molar-refractivity contribution is -0.119. The second kappa shape index (κ2) is 6.92. The topological polar surface area (TPSA) is 98.7 Å². The van der Waals surface area contributed by atoms with E-state index < -0.39 is 0 Å². The lowest BCUT2D eigenvalue weighted by atomic mass is 10.2. The van der Waals surface area contributed by atoms with Gasteiger partial charge in [-0.2, -0.15) is 9.61 Å². The van der Waals surface area contributed by atoms with E-state index in [0.717, 1.165) is 48.2 Å². The fourth-order valence-electron chi connectivity index (χ4n) is 4.22. The van der Waals surface area contributed by atoms with Crippen LogP contribution in [0, 0.1) is 0 Å². The number of amides is 1. The standard InChI is InChI=1S/C18H19N7O2S2/c26-13(19-7-10-3-2-6-27-10)8-28-18-23-22-17-24(18)16-14(15-20-9-21-25(15)17)11-4-1-5-12(11)29-16/h9-10H,1-8H2,(H,19,26). The molecular formula is C18H19N7O2S2. The van der Waals surface area contributed by atoms with Gasteiger partial charge in [-0.3, -0.25) is 4.79 Å². The third kappa shape index (κ3) is 2.82. The molecule has 2 aliphatic rings. The molecule has 1 saturated heterocycles. The molecule has 0 radical (unpaired) electrons. The van der Waals surface area contributed by atoms with Crippen molar-refractivity contribution in [2.75, 3.05) is 18.9 Å². The molecule has 6 rings (SSSR count). The van der Waals surface area contributed by atoms with Crippen LogP contribution in [0.4, 0.5) is 0 Å². The molecular weight excluding hydrogens is 410 g/mol. The van der Waals surface area contributed by atoms with Gasteiger partial charge >= 0.3 is 0 Å². The molecule has 1 aliphatic heterocycles. The Labute approximate surface area is 173 Å². The van der Waals surface area contributed by atoms with Crippen LogP contribution in [0.5, 0.6) is 0 Å². The number of hydrogen-bond donors (Lipinski definition) is 1. The highest BCUT2D eigenvalue weighted by atomic mass is 32.2. The van der Waals surface area contributed by atoms with Crippen LogP contribution in [-0.4, -0.2) is 60.1 Å². The van der Waals surface area contributed by atoms with Crippen LogP contribution in [-0.2, 0) is 22.4 Å². The van der Waals surface area contributed by atoms with Crippen LogP contribution >= 0.6 is 23.1 Å². The maximum Gasteiger partial charge on any atom is 0.260 e. The molecule has 0 aromatic carbocycles. The normalized spacial score (nSPS) is 19.0. The van der Waals surface area contributed by atoms with Gasteiger partial charge in [0.25, 0.3) is 5.78 Å². The second-order valence-electron chi connectivity index (χ2n) is 7.38. The number of carbonyl (C=O) groups excluding carboxylic acids is 1. The number of thioether (sulfide) groups is 1. The minimum Gasteiger partial charge on any atom is -0.376 e. The van der Waals surface area contributed by atoms with Crippen molar-refractivity contribution in [3.05, 3.63) is 16.8 Å². The number of ether oxygens (including phenoxy) is 1. The smallest absolute Gasteiger partial charge is 0.260 e. The van der Waals surface area contributed by atoms with Gasteiger partial charge in [-0.05, 0) is 37.7 Å². The van der Waals surface area contributed by atoms with Crippen molar-refractivity contribution < 1.29 is 9.53 Å². The molecule has 0 spiro atoms. The first-order valence-electron chi connectivity index (χ1n) is 9.82. The summed E-state index contributed by atoms with van der Waals surface area (Å²) in [6, 6.07) is 0. The summed E-state index contributed by atoms with van der Waals surface area (Å²) < 4.78 is 9.34. The Bertz CT molecular complexity index is 1240. The first kappa shape index (κ1) is 17.6. The zero-order chi connectivity index (χ0) is 19.4. The monoisotopic (exact) mass is 429 g/mol. The van der Waals surface area contributed by atoms with Crippen LogP contribution in [0.15, 0.2) is 11.5 Å². The van der Waals surface area contributed by atoms with Crippen LogP contribution in [0.1, 0.15) is 29.7 Å². The van der Waals surface area contributed by atoms with Crippen molar-refractivity contribution in [2.24, 2.45) is 0 Å². The van der Waals surface area contributed by atoms with Crippen LogP contribution in [0.2, 0.25) is 0 Å². The fourth-order valence-corrected chi connectivity index (χ4v) is 6.42. The molecule has 1 unspecified atom stereocenters. The van der Waals surface area contributed by atoms with Crippen molar-refractivity contribution in [3.8, 4) is 0 Å². The van der Waals surface area contributed by atoms with E-state index in [2.05, 4.69) is 25.6 Å². The van der Waals surface area contributed by atoms with Gasteiger partial charge in [-0.25, -0.2) is 9.38 Å². The maximum absolute atomic E-state index is 12.3. The Morgan fingerprint density at radius 3 is 3.21 bits per heavy atom. The molecule has 1 atom stereocenters. The summed E-state index contributed by atoms with van der Waals surface area (Å²) in [6.45, 7) is 1.36. The van der Waals surface area contributed by atoms with Crippen molar-refractivity contribution in [1.29, 1.82) is 0 Å². The van der Waals surface area contributed by atoms with Crippen LogP contribution in [0.3, 0.4) is 0 Å². The molecule has 1 amide bonds. The SMILES string of the molecule is O=C(CSc1nnc2n3ncnc3c3c4c(sc3n12)CCC4)NCC1CCCO1. The molecule has 1 fully saturated rings. The molecule has 0 saturated carbocycles. The minimum absolute atomic E-state index is 0.0194. The summed E-state index contributed by atoms with van der Waals surface area (Å²) in [4.78, 5) is 19.3. The van der Waals surface area contributed by atoms with E-state index in [0.29, 0.717) is 17.5 Å². The average molecular weight is 430 g/mol. The predicted molar refractivity (Wildman–Crippen MR) is 110 cm³/mol. The summed E-state index contributed by atoms with van der Waals surface area (Å²) in [5, 5.41) is 17.9. The molecule has 29 heavy (non-hydrogen) atoms.